The molecule has 1 aliphatic rings. The summed E-state index contributed by atoms with van der Waals surface area (Å²) in [4.78, 5) is 20.2. The van der Waals surface area contributed by atoms with Gasteiger partial charge in [-0.1, -0.05) is 24.3 Å². The topological polar surface area (TPSA) is 72.3 Å². The number of carboxylic acid groups (broad SMARTS) is 1. The zero-order valence-corrected chi connectivity index (χ0v) is 19.5. The third-order valence-electron chi connectivity index (χ3n) is 5.97. The molecule has 2 aromatic heterocycles. The lowest BCUT2D eigenvalue weighted by atomic mass is 10.00. The molecule has 0 saturated heterocycles. The maximum Gasteiger partial charge on any atom is 0.304 e. The van der Waals surface area contributed by atoms with Crippen LogP contribution in [0.15, 0.2) is 60.8 Å². The van der Waals surface area contributed by atoms with Gasteiger partial charge in [0.25, 0.3) is 0 Å². The molecule has 0 radical (unpaired) electrons. The van der Waals surface area contributed by atoms with Crippen LogP contribution in [0.3, 0.4) is 0 Å². The highest BCUT2D eigenvalue weighted by atomic mass is 32.2. The van der Waals surface area contributed by atoms with E-state index < -0.39 is 17.6 Å². The molecule has 5 nitrogen and oxygen atoms in total. The Balaban J connectivity index is 1.40. The van der Waals surface area contributed by atoms with Crippen molar-refractivity contribution < 1.29 is 23.4 Å². The highest BCUT2D eigenvalue weighted by Gasteiger charge is 2.27. The van der Waals surface area contributed by atoms with E-state index in [2.05, 4.69) is 16.0 Å². The number of aromatic nitrogens is 2. The SMILES string of the molecule is O=C(O)CCSC1c2cc(CCc3ccc4cc(F)c(F)cc4n3)ccc2OCc2cccnc21. The lowest BCUT2D eigenvalue weighted by molar-refractivity contribution is -0.136. The summed E-state index contributed by atoms with van der Waals surface area (Å²) in [5.74, 6) is -1.40. The number of hydrogen-bond donors (Lipinski definition) is 1. The second kappa shape index (κ2) is 10.00. The van der Waals surface area contributed by atoms with Crippen LogP contribution < -0.4 is 4.74 Å². The van der Waals surface area contributed by atoms with Crippen molar-refractivity contribution in [2.24, 2.45) is 0 Å². The summed E-state index contributed by atoms with van der Waals surface area (Å²) in [7, 11) is 0. The first-order valence-corrected chi connectivity index (χ1v) is 12.3. The van der Waals surface area contributed by atoms with Gasteiger partial charge in [-0.05, 0) is 42.7 Å². The molecular weight excluding hydrogens is 470 g/mol. The predicted octanol–water partition coefficient (Wildman–Crippen LogP) is 5.88. The summed E-state index contributed by atoms with van der Waals surface area (Å²) < 4.78 is 33.2. The Kier molecular flexibility index (Phi) is 6.63. The fourth-order valence-corrected chi connectivity index (χ4v) is 5.47. The van der Waals surface area contributed by atoms with E-state index in [0.29, 0.717) is 36.1 Å². The van der Waals surface area contributed by atoms with Crippen molar-refractivity contribution in [1.82, 2.24) is 9.97 Å². The highest BCUT2D eigenvalue weighted by Crippen LogP contribution is 2.43. The molecule has 0 aliphatic carbocycles. The number of pyridine rings is 2. The monoisotopic (exact) mass is 492 g/mol. The van der Waals surface area contributed by atoms with Crippen LogP contribution in [0.2, 0.25) is 0 Å². The van der Waals surface area contributed by atoms with E-state index in [4.69, 9.17) is 9.84 Å². The predicted molar refractivity (Wildman–Crippen MR) is 131 cm³/mol. The molecule has 0 spiro atoms. The molecule has 0 saturated carbocycles. The number of aliphatic carboxylic acids is 1. The van der Waals surface area contributed by atoms with E-state index >= 15 is 0 Å². The molecule has 4 aromatic rings. The van der Waals surface area contributed by atoms with Crippen LogP contribution in [-0.4, -0.2) is 26.8 Å². The van der Waals surface area contributed by atoms with Crippen molar-refractivity contribution in [2.45, 2.75) is 31.1 Å². The van der Waals surface area contributed by atoms with Gasteiger partial charge in [-0.2, -0.15) is 0 Å². The third-order valence-corrected chi connectivity index (χ3v) is 7.22. The molecule has 1 atom stereocenters. The lowest BCUT2D eigenvalue weighted by Crippen LogP contribution is -2.05. The minimum absolute atomic E-state index is 0.0668. The number of ether oxygens (including phenoxy) is 1. The average Bonchev–Trinajstić information content (AvgIpc) is 3.00. The quantitative estimate of drug-likeness (QED) is 0.347. The number of halogens is 2. The van der Waals surface area contributed by atoms with Crippen LogP contribution in [0.25, 0.3) is 10.9 Å². The van der Waals surface area contributed by atoms with Gasteiger partial charge in [0.1, 0.15) is 12.4 Å². The lowest BCUT2D eigenvalue weighted by Gasteiger charge is -2.18. The molecular formula is C27H22F2N2O3S. The van der Waals surface area contributed by atoms with Gasteiger partial charge in [0.05, 0.1) is 22.9 Å². The van der Waals surface area contributed by atoms with Crippen LogP contribution >= 0.6 is 11.8 Å². The number of rotatable bonds is 7. The first-order chi connectivity index (χ1) is 17.0. The fourth-order valence-electron chi connectivity index (χ4n) is 4.21. The van der Waals surface area contributed by atoms with E-state index in [-0.39, 0.29) is 11.7 Å². The number of nitrogens with zero attached hydrogens (tertiary/aromatic N) is 2. The Hall–Kier alpha value is -3.52. The van der Waals surface area contributed by atoms with Crippen molar-refractivity contribution >= 4 is 28.6 Å². The summed E-state index contributed by atoms with van der Waals surface area (Å²) in [6.45, 7) is 0.406. The number of carbonyl (C=O) groups is 1. The highest BCUT2D eigenvalue weighted by molar-refractivity contribution is 7.99. The molecule has 1 unspecified atom stereocenters. The second-order valence-electron chi connectivity index (χ2n) is 8.36. The van der Waals surface area contributed by atoms with Crippen LogP contribution in [0, 0.1) is 11.6 Å². The van der Waals surface area contributed by atoms with Crippen LogP contribution in [-0.2, 0) is 24.2 Å². The first kappa shape index (κ1) is 23.2. The minimum atomic E-state index is -0.909. The van der Waals surface area contributed by atoms with Gasteiger partial charge in [0.2, 0.25) is 0 Å². The molecule has 1 N–H and O–H groups in total. The van der Waals surface area contributed by atoms with E-state index in [9.17, 15) is 13.6 Å². The molecule has 1 aliphatic heterocycles. The van der Waals surface area contributed by atoms with Gasteiger partial charge in [-0.15, -0.1) is 11.8 Å². The van der Waals surface area contributed by atoms with Crippen LogP contribution in [0.4, 0.5) is 8.78 Å². The Morgan fingerprint density at radius 2 is 1.94 bits per heavy atom. The largest absolute Gasteiger partial charge is 0.488 e. The fraction of sp³-hybridized carbons (Fsp3) is 0.222. The Morgan fingerprint density at radius 3 is 2.80 bits per heavy atom. The van der Waals surface area contributed by atoms with Gasteiger partial charge in [-0.25, -0.2) is 8.78 Å². The molecule has 3 heterocycles. The van der Waals surface area contributed by atoms with Crippen molar-refractivity contribution in [1.29, 1.82) is 0 Å². The van der Waals surface area contributed by atoms with Crippen molar-refractivity contribution in [3.63, 3.8) is 0 Å². The minimum Gasteiger partial charge on any atom is -0.488 e. The number of carboxylic acids is 1. The molecule has 0 amide bonds. The summed E-state index contributed by atoms with van der Waals surface area (Å²) >= 11 is 1.55. The molecule has 0 fully saturated rings. The van der Waals surface area contributed by atoms with Gasteiger partial charge in [0.15, 0.2) is 11.6 Å². The maximum absolute atomic E-state index is 13.6. The Bertz CT molecular complexity index is 1410. The van der Waals surface area contributed by atoms with Crippen molar-refractivity contribution in [3.05, 3.63) is 101 Å². The molecule has 2 aromatic carbocycles. The summed E-state index contributed by atoms with van der Waals surface area (Å²) in [5, 5.41) is 9.53. The van der Waals surface area contributed by atoms with Crippen LogP contribution in [0.1, 0.15) is 39.7 Å². The Morgan fingerprint density at radius 1 is 1.09 bits per heavy atom. The molecule has 8 heteroatoms. The summed E-state index contributed by atoms with van der Waals surface area (Å²) in [6, 6.07) is 15.8. The second-order valence-corrected chi connectivity index (χ2v) is 9.58. The first-order valence-electron chi connectivity index (χ1n) is 11.3. The number of benzene rings is 2. The van der Waals surface area contributed by atoms with Crippen LogP contribution in [0.5, 0.6) is 5.75 Å². The number of fused-ring (bicyclic) bond motifs is 3. The molecule has 5 rings (SSSR count). The molecule has 178 valence electrons. The summed E-state index contributed by atoms with van der Waals surface area (Å²) in [6.07, 6.45) is 3.13. The van der Waals surface area contributed by atoms with Gasteiger partial charge >= 0.3 is 5.97 Å². The molecule has 0 bridgehead atoms. The summed E-state index contributed by atoms with van der Waals surface area (Å²) in [5.41, 5.74) is 5.14. The zero-order chi connectivity index (χ0) is 24.4. The maximum atomic E-state index is 13.6. The van der Waals surface area contributed by atoms with Gasteiger partial charge in [0, 0.05) is 40.2 Å². The number of aryl methyl sites for hydroxylation is 2. The van der Waals surface area contributed by atoms with E-state index in [1.54, 1.807) is 24.0 Å². The zero-order valence-electron chi connectivity index (χ0n) is 18.7. The molecule has 35 heavy (non-hydrogen) atoms. The van der Waals surface area contributed by atoms with E-state index in [1.807, 2.05) is 30.3 Å². The normalized spacial score (nSPS) is 14.6. The standard InChI is InChI=1S/C27H22F2N2O3S/c28-21-13-17-5-7-19(31-23(17)14-22(21)29)6-3-16-4-8-24-20(12-16)27(35-11-9-25(32)33)26-18(15-34-24)2-1-10-30-26/h1-2,4-5,7-8,10,12-14,27H,3,6,9,11,15H2,(H,32,33). The van der Waals surface area contributed by atoms with Gasteiger partial charge < -0.3 is 9.84 Å². The smallest absolute Gasteiger partial charge is 0.304 e. The number of thioether (sulfide) groups is 1. The van der Waals surface area contributed by atoms with Gasteiger partial charge in [-0.3, -0.25) is 14.8 Å². The van der Waals surface area contributed by atoms with Crippen molar-refractivity contribution in [2.75, 3.05) is 5.75 Å². The van der Waals surface area contributed by atoms with E-state index in [1.165, 1.54) is 0 Å². The number of hydrogen-bond acceptors (Lipinski definition) is 5. The Labute approximate surface area is 205 Å². The average molecular weight is 493 g/mol. The third kappa shape index (κ3) is 5.12. The van der Waals surface area contributed by atoms with E-state index in [0.717, 1.165) is 46.0 Å². The van der Waals surface area contributed by atoms with Crippen molar-refractivity contribution in [3.8, 4) is 5.75 Å².